The second-order valence-electron chi connectivity index (χ2n) is 6.99. The standard InChI is InChI=1S/C18H26N2O3S/c19-14-8-9-16-13(12-14)4-3-7-17(16)20-18(21)10-11-24(22,23)15-5-1-2-6-15/h8-9,12,15,17H,1-7,10-11,19H2,(H,20,21). The first-order chi connectivity index (χ1) is 11.5. The van der Waals surface area contributed by atoms with E-state index < -0.39 is 9.84 Å². The van der Waals surface area contributed by atoms with E-state index in [0.29, 0.717) is 0 Å². The van der Waals surface area contributed by atoms with Gasteiger partial charge in [-0.3, -0.25) is 4.79 Å². The number of hydrogen-bond donors (Lipinski definition) is 2. The van der Waals surface area contributed by atoms with E-state index in [9.17, 15) is 13.2 Å². The molecule has 0 saturated heterocycles. The first-order valence-electron chi connectivity index (χ1n) is 8.85. The minimum Gasteiger partial charge on any atom is -0.399 e. The average Bonchev–Trinajstić information content (AvgIpc) is 3.08. The Hall–Kier alpha value is -1.56. The molecule has 132 valence electrons. The summed E-state index contributed by atoms with van der Waals surface area (Å²) < 4.78 is 24.5. The third kappa shape index (κ3) is 3.91. The minimum absolute atomic E-state index is 0.0314. The lowest BCUT2D eigenvalue weighted by Crippen LogP contribution is -2.33. The van der Waals surface area contributed by atoms with E-state index in [4.69, 9.17) is 5.73 Å². The van der Waals surface area contributed by atoms with Gasteiger partial charge < -0.3 is 11.1 Å². The molecule has 1 aromatic rings. The third-order valence-corrected chi connectivity index (χ3v) is 7.50. The smallest absolute Gasteiger partial charge is 0.221 e. The van der Waals surface area contributed by atoms with Gasteiger partial charge in [0, 0.05) is 12.1 Å². The van der Waals surface area contributed by atoms with Gasteiger partial charge in [-0.05, 0) is 55.4 Å². The van der Waals surface area contributed by atoms with Gasteiger partial charge in [0.1, 0.15) is 0 Å². The Morgan fingerprint density at radius 1 is 1.17 bits per heavy atom. The summed E-state index contributed by atoms with van der Waals surface area (Å²) in [5.41, 5.74) is 8.87. The molecule has 1 saturated carbocycles. The van der Waals surface area contributed by atoms with Crippen LogP contribution in [0.3, 0.4) is 0 Å². The maximum absolute atomic E-state index is 12.3. The van der Waals surface area contributed by atoms with Crippen molar-refractivity contribution in [1.29, 1.82) is 0 Å². The molecule has 2 aliphatic carbocycles. The van der Waals surface area contributed by atoms with Crippen molar-refractivity contribution in [3.63, 3.8) is 0 Å². The second-order valence-corrected chi connectivity index (χ2v) is 9.39. The molecule has 3 rings (SSSR count). The summed E-state index contributed by atoms with van der Waals surface area (Å²) in [6.45, 7) is 0. The number of fused-ring (bicyclic) bond motifs is 1. The molecule has 0 bridgehead atoms. The number of hydrogen-bond acceptors (Lipinski definition) is 4. The van der Waals surface area contributed by atoms with E-state index in [0.717, 1.165) is 56.2 Å². The fourth-order valence-corrected chi connectivity index (χ4v) is 5.75. The Labute approximate surface area is 143 Å². The van der Waals surface area contributed by atoms with Gasteiger partial charge in [-0.15, -0.1) is 0 Å². The lowest BCUT2D eigenvalue weighted by Gasteiger charge is -2.26. The van der Waals surface area contributed by atoms with E-state index in [-0.39, 0.29) is 29.4 Å². The summed E-state index contributed by atoms with van der Waals surface area (Å²) in [7, 11) is -3.14. The maximum Gasteiger partial charge on any atom is 0.221 e. The summed E-state index contributed by atoms with van der Waals surface area (Å²) in [6, 6.07) is 5.77. The molecule has 24 heavy (non-hydrogen) atoms. The Morgan fingerprint density at radius 2 is 1.92 bits per heavy atom. The zero-order valence-corrected chi connectivity index (χ0v) is 14.8. The van der Waals surface area contributed by atoms with Crippen molar-refractivity contribution in [3.05, 3.63) is 29.3 Å². The van der Waals surface area contributed by atoms with E-state index in [1.54, 1.807) is 0 Å². The SMILES string of the molecule is Nc1ccc2c(c1)CCCC2NC(=O)CCS(=O)(=O)C1CCCC1. The van der Waals surface area contributed by atoms with Gasteiger partial charge >= 0.3 is 0 Å². The fraction of sp³-hybridized carbons (Fsp3) is 0.611. The molecule has 3 N–H and O–H groups in total. The molecule has 0 spiro atoms. The number of anilines is 1. The lowest BCUT2D eigenvalue weighted by molar-refractivity contribution is -0.121. The largest absolute Gasteiger partial charge is 0.399 e. The van der Waals surface area contributed by atoms with Gasteiger partial charge in [-0.2, -0.15) is 0 Å². The molecule has 1 amide bonds. The molecular weight excluding hydrogens is 324 g/mol. The van der Waals surface area contributed by atoms with Gasteiger partial charge in [-0.25, -0.2) is 8.42 Å². The van der Waals surface area contributed by atoms with Gasteiger partial charge in [0.25, 0.3) is 0 Å². The number of carbonyl (C=O) groups is 1. The zero-order valence-electron chi connectivity index (χ0n) is 14.0. The van der Waals surface area contributed by atoms with E-state index in [1.165, 1.54) is 5.56 Å². The van der Waals surface area contributed by atoms with Crippen LogP contribution in [0.4, 0.5) is 5.69 Å². The minimum atomic E-state index is -3.14. The molecule has 1 aromatic carbocycles. The monoisotopic (exact) mass is 350 g/mol. The van der Waals surface area contributed by atoms with Crippen molar-refractivity contribution in [3.8, 4) is 0 Å². The predicted molar refractivity (Wildman–Crippen MR) is 95.3 cm³/mol. The van der Waals surface area contributed by atoms with Crippen LogP contribution >= 0.6 is 0 Å². The Bertz CT molecular complexity index is 709. The molecule has 1 fully saturated rings. The maximum atomic E-state index is 12.3. The first kappa shape index (κ1) is 17.3. The molecule has 0 aliphatic heterocycles. The van der Waals surface area contributed by atoms with Crippen LogP contribution in [0.1, 0.15) is 62.1 Å². The number of sulfone groups is 1. The predicted octanol–water partition coefficient (Wildman–Crippen LogP) is 2.51. The fourth-order valence-electron chi connectivity index (χ4n) is 3.90. The number of amides is 1. The van der Waals surface area contributed by atoms with Crippen LogP contribution in [0.2, 0.25) is 0 Å². The summed E-state index contributed by atoms with van der Waals surface area (Å²) in [6.07, 6.45) is 6.39. The normalized spacial score (nSPS) is 21.4. The molecule has 2 aliphatic rings. The van der Waals surface area contributed by atoms with Crippen LogP contribution in [-0.2, 0) is 21.1 Å². The third-order valence-electron chi connectivity index (χ3n) is 5.24. The highest BCUT2D eigenvalue weighted by atomic mass is 32.2. The Morgan fingerprint density at radius 3 is 2.67 bits per heavy atom. The van der Waals surface area contributed by atoms with Gasteiger partial charge in [0.15, 0.2) is 9.84 Å². The highest BCUT2D eigenvalue weighted by molar-refractivity contribution is 7.92. The van der Waals surface area contributed by atoms with Crippen LogP contribution in [0.15, 0.2) is 18.2 Å². The molecule has 6 heteroatoms. The highest BCUT2D eigenvalue weighted by Gasteiger charge is 2.29. The summed E-state index contributed by atoms with van der Waals surface area (Å²) in [4.78, 5) is 12.2. The number of nitrogen functional groups attached to an aromatic ring is 1. The molecule has 0 heterocycles. The summed E-state index contributed by atoms with van der Waals surface area (Å²) >= 11 is 0. The molecule has 0 radical (unpaired) electrons. The van der Waals surface area contributed by atoms with Crippen LogP contribution in [-0.4, -0.2) is 25.3 Å². The number of nitrogens with one attached hydrogen (secondary N) is 1. The molecular formula is C18H26N2O3S. The Kier molecular flexibility index (Phi) is 5.13. The number of benzene rings is 1. The van der Waals surface area contributed by atoms with Crippen LogP contribution in [0, 0.1) is 0 Å². The van der Waals surface area contributed by atoms with Crippen molar-refractivity contribution >= 4 is 21.4 Å². The second kappa shape index (κ2) is 7.13. The topological polar surface area (TPSA) is 89.3 Å². The number of rotatable bonds is 5. The van der Waals surface area contributed by atoms with Gasteiger partial charge in [0.05, 0.1) is 17.0 Å². The first-order valence-corrected chi connectivity index (χ1v) is 10.6. The highest BCUT2D eigenvalue weighted by Crippen LogP contribution is 2.31. The number of nitrogens with two attached hydrogens (primary N) is 1. The van der Waals surface area contributed by atoms with Crippen LogP contribution in [0.25, 0.3) is 0 Å². The number of carbonyl (C=O) groups excluding carboxylic acids is 1. The number of aryl methyl sites for hydroxylation is 1. The van der Waals surface area contributed by atoms with Gasteiger partial charge in [0.2, 0.25) is 5.91 Å². The quantitative estimate of drug-likeness (QED) is 0.799. The van der Waals surface area contributed by atoms with Crippen molar-refractivity contribution in [2.75, 3.05) is 11.5 Å². The van der Waals surface area contributed by atoms with E-state index >= 15 is 0 Å². The van der Waals surface area contributed by atoms with Crippen molar-refractivity contribution in [2.24, 2.45) is 0 Å². The average molecular weight is 350 g/mol. The van der Waals surface area contributed by atoms with Crippen molar-refractivity contribution in [1.82, 2.24) is 5.32 Å². The molecule has 5 nitrogen and oxygen atoms in total. The molecule has 1 atom stereocenters. The van der Waals surface area contributed by atoms with Crippen LogP contribution < -0.4 is 11.1 Å². The zero-order chi connectivity index (χ0) is 17.2. The van der Waals surface area contributed by atoms with Crippen molar-refractivity contribution < 1.29 is 13.2 Å². The Balaban J connectivity index is 1.58. The molecule has 1 unspecified atom stereocenters. The molecule has 0 aromatic heterocycles. The van der Waals surface area contributed by atoms with E-state index in [2.05, 4.69) is 5.32 Å². The van der Waals surface area contributed by atoms with Crippen molar-refractivity contribution in [2.45, 2.75) is 62.7 Å². The van der Waals surface area contributed by atoms with Gasteiger partial charge in [-0.1, -0.05) is 18.9 Å². The lowest BCUT2D eigenvalue weighted by atomic mass is 9.87. The van der Waals surface area contributed by atoms with E-state index in [1.807, 2.05) is 18.2 Å². The summed E-state index contributed by atoms with van der Waals surface area (Å²) in [5.74, 6) is -0.212. The van der Waals surface area contributed by atoms with Crippen LogP contribution in [0.5, 0.6) is 0 Å². The summed E-state index contributed by atoms with van der Waals surface area (Å²) in [5, 5.41) is 2.78.